The normalized spacial score (nSPS) is 15.0. The number of methoxy groups -OCH3 is 1. The van der Waals surface area contributed by atoms with E-state index in [9.17, 15) is 27.6 Å². The summed E-state index contributed by atoms with van der Waals surface area (Å²) in [5.41, 5.74) is 0.247. The first-order valence-corrected chi connectivity index (χ1v) is 12.7. The summed E-state index contributed by atoms with van der Waals surface area (Å²) in [7, 11) is 1.43. The third-order valence-corrected chi connectivity index (χ3v) is 6.77. The zero-order valence-electron chi connectivity index (χ0n) is 20.4. The number of urea groups is 1. The van der Waals surface area contributed by atoms with Gasteiger partial charge < -0.3 is 9.47 Å². The van der Waals surface area contributed by atoms with Crippen LogP contribution in [-0.4, -0.2) is 25.0 Å². The fourth-order valence-electron chi connectivity index (χ4n) is 3.82. The van der Waals surface area contributed by atoms with E-state index < -0.39 is 40.8 Å². The Hall–Kier alpha value is -3.58. The van der Waals surface area contributed by atoms with Gasteiger partial charge in [-0.25, -0.2) is 9.69 Å². The molecule has 202 valence electrons. The topological polar surface area (TPSA) is 84.9 Å². The highest BCUT2D eigenvalue weighted by Crippen LogP contribution is 2.38. The van der Waals surface area contributed by atoms with Crippen LogP contribution in [-0.2, 0) is 22.4 Å². The number of nitrogens with zero attached hydrogens (tertiary/aromatic N) is 1. The molecule has 1 aliphatic rings. The average Bonchev–Trinajstić information content (AvgIpc) is 2.86. The van der Waals surface area contributed by atoms with E-state index in [0.717, 1.165) is 23.3 Å². The summed E-state index contributed by atoms with van der Waals surface area (Å²) < 4.78 is 51.8. The largest absolute Gasteiger partial charge is 0.493 e. The number of hydrogen-bond donors (Lipinski definition) is 1. The maximum absolute atomic E-state index is 13.3. The van der Waals surface area contributed by atoms with Crippen molar-refractivity contribution >= 4 is 63.8 Å². The Morgan fingerprint density at radius 1 is 1.08 bits per heavy atom. The fourth-order valence-corrected chi connectivity index (χ4v) is 4.81. The molecule has 1 aliphatic heterocycles. The van der Waals surface area contributed by atoms with Crippen LogP contribution in [0.4, 0.5) is 23.7 Å². The molecule has 0 saturated carbocycles. The molecule has 0 spiro atoms. The van der Waals surface area contributed by atoms with Crippen LogP contribution in [0.5, 0.6) is 11.5 Å². The molecular formula is C27H19ClF3IN2O5. The Morgan fingerprint density at radius 2 is 1.82 bits per heavy atom. The maximum atomic E-state index is 13.3. The second-order valence-electron chi connectivity index (χ2n) is 8.43. The highest BCUT2D eigenvalue weighted by Gasteiger charge is 2.39. The van der Waals surface area contributed by atoms with E-state index in [2.05, 4.69) is 0 Å². The first-order valence-electron chi connectivity index (χ1n) is 11.2. The number of anilines is 1. The lowest BCUT2D eigenvalue weighted by atomic mass is 10.1. The van der Waals surface area contributed by atoms with Crippen LogP contribution >= 0.6 is 34.2 Å². The van der Waals surface area contributed by atoms with Crippen molar-refractivity contribution in [2.45, 2.75) is 19.7 Å². The monoisotopic (exact) mass is 670 g/mol. The summed E-state index contributed by atoms with van der Waals surface area (Å²) in [6.45, 7) is 2.23. The van der Waals surface area contributed by atoms with Gasteiger partial charge in [-0.3, -0.25) is 14.9 Å². The molecule has 1 heterocycles. The van der Waals surface area contributed by atoms with Crippen LogP contribution in [0.25, 0.3) is 6.08 Å². The molecule has 3 aromatic rings. The van der Waals surface area contributed by atoms with E-state index in [1.807, 2.05) is 59.1 Å². The van der Waals surface area contributed by atoms with E-state index in [1.54, 1.807) is 6.07 Å². The number of carbonyl (C=O) groups is 3. The van der Waals surface area contributed by atoms with Gasteiger partial charge in [0, 0.05) is 0 Å². The molecule has 0 radical (unpaired) electrons. The lowest BCUT2D eigenvalue weighted by Gasteiger charge is -2.27. The number of benzene rings is 3. The molecule has 4 amide bonds. The van der Waals surface area contributed by atoms with Crippen LogP contribution in [0, 0.1) is 10.5 Å². The van der Waals surface area contributed by atoms with Crippen LogP contribution in [0.1, 0.15) is 22.3 Å². The number of aryl methyl sites for hydroxylation is 1. The summed E-state index contributed by atoms with van der Waals surface area (Å²) in [5, 5.41) is 1.69. The Balaban J connectivity index is 1.68. The van der Waals surface area contributed by atoms with Gasteiger partial charge in [0.25, 0.3) is 11.8 Å². The quantitative estimate of drug-likeness (QED) is 0.183. The second kappa shape index (κ2) is 11.3. The van der Waals surface area contributed by atoms with Crippen molar-refractivity contribution in [1.29, 1.82) is 0 Å². The molecular weight excluding hydrogens is 652 g/mol. The molecule has 1 saturated heterocycles. The zero-order chi connectivity index (χ0) is 28.5. The van der Waals surface area contributed by atoms with E-state index in [1.165, 1.54) is 19.3 Å². The van der Waals surface area contributed by atoms with Gasteiger partial charge in [-0.1, -0.05) is 41.4 Å². The smallest absolute Gasteiger partial charge is 0.416 e. The Labute approximate surface area is 239 Å². The molecule has 12 heteroatoms. The second-order valence-corrected chi connectivity index (χ2v) is 10.0. The van der Waals surface area contributed by atoms with Crippen LogP contribution in [0.15, 0.2) is 60.2 Å². The van der Waals surface area contributed by atoms with E-state index in [-0.39, 0.29) is 11.6 Å². The average molecular weight is 671 g/mol. The molecule has 1 fully saturated rings. The lowest BCUT2D eigenvalue weighted by molar-refractivity contribution is -0.137. The number of ether oxygens (including phenoxy) is 2. The number of barbiturate groups is 1. The van der Waals surface area contributed by atoms with Gasteiger partial charge in [0.2, 0.25) is 0 Å². The summed E-state index contributed by atoms with van der Waals surface area (Å²) in [6.07, 6.45) is -3.55. The number of halogens is 5. The minimum Gasteiger partial charge on any atom is -0.493 e. The molecule has 0 unspecified atom stereocenters. The van der Waals surface area contributed by atoms with Gasteiger partial charge in [0.1, 0.15) is 12.2 Å². The van der Waals surface area contributed by atoms with E-state index in [4.69, 9.17) is 21.1 Å². The first-order chi connectivity index (χ1) is 18.4. The Kier molecular flexibility index (Phi) is 8.21. The SMILES string of the molecule is COc1cc(/C=C2/C(=O)NC(=O)N(c3cc(C(F)(F)F)ccc3Cl)C2=O)cc(I)c1OCc1cccc(C)c1. The number of imide groups is 2. The molecule has 0 atom stereocenters. The number of hydrogen-bond acceptors (Lipinski definition) is 5. The molecule has 7 nitrogen and oxygen atoms in total. The van der Waals surface area contributed by atoms with Gasteiger partial charge in [0.15, 0.2) is 11.5 Å². The molecule has 0 bridgehead atoms. The van der Waals surface area contributed by atoms with Crippen molar-refractivity contribution in [3.8, 4) is 11.5 Å². The van der Waals surface area contributed by atoms with Crippen LogP contribution < -0.4 is 19.7 Å². The van der Waals surface area contributed by atoms with Crippen molar-refractivity contribution in [2.24, 2.45) is 0 Å². The highest BCUT2D eigenvalue weighted by atomic mass is 127. The molecule has 0 aliphatic carbocycles. The van der Waals surface area contributed by atoms with E-state index >= 15 is 0 Å². The van der Waals surface area contributed by atoms with Gasteiger partial charge >= 0.3 is 12.2 Å². The van der Waals surface area contributed by atoms with Crippen molar-refractivity contribution in [2.75, 3.05) is 12.0 Å². The van der Waals surface area contributed by atoms with Crippen molar-refractivity contribution in [1.82, 2.24) is 5.32 Å². The highest BCUT2D eigenvalue weighted by molar-refractivity contribution is 14.1. The van der Waals surface area contributed by atoms with Crippen LogP contribution in [0.2, 0.25) is 5.02 Å². The van der Waals surface area contributed by atoms with Crippen molar-refractivity contribution in [3.63, 3.8) is 0 Å². The minimum atomic E-state index is -4.75. The number of nitrogens with one attached hydrogen (secondary N) is 1. The maximum Gasteiger partial charge on any atom is 0.416 e. The van der Waals surface area contributed by atoms with E-state index in [0.29, 0.717) is 31.6 Å². The number of rotatable bonds is 6. The standard InChI is InChI=1S/C27H19ClF3IN2O5/c1-14-4-3-5-15(8-14)13-39-23-20(32)10-16(11-22(23)38-2)9-18-24(35)33-26(37)34(25(18)36)21-12-17(27(29,30)31)6-7-19(21)28/h3-12H,13H2,1-2H3,(H,33,35,37)/b18-9-. The Morgan fingerprint density at radius 3 is 2.49 bits per heavy atom. The summed E-state index contributed by atoms with van der Waals surface area (Å²) in [5.74, 6) is -1.40. The number of amides is 4. The molecule has 4 rings (SSSR count). The number of carbonyl (C=O) groups excluding carboxylic acids is 3. The van der Waals surface area contributed by atoms with Crippen LogP contribution in [0.3, 0.4) is 0 Å². The predicted molar refractivity (Wildman–Crippen MR) is 147 cm³/mol. The zero-order valence-corrected chi connectivity index (χ0v) is 23.3. The third-order valence-electron chi connectivity index (χ3n) is 5.64. The summed E-state index contributed by atoms with van der Waals surface area (Å²) in [4.78, 5) is 38.7. The predicted octanol–water partition coefficient (Wildman–Crippen LogP) is 6.53. The van der Waals surface area contributed by atoms with Crippen molar-refractivity contribution in [3.05, 3.63) is 91.0 Å². The molecule has 0 aromatic heterocycles. The molecule has 3 aromatic carbocycles. The van der Waals surface area contributed by atoms with Gasteiger partial charge in [0.05, 0.1) is 27.0 Å². The van der Waals surface area contributed by atoms with Gasteiger partial charge in [-0.05, 0) is 77.0 Å². The van der Waals surface area contributed by atoms with Gasteiger partial charge in [-0.15, -0.1) is 0 Å². The summed E-state index contributed by atoms with van der Waals surface area (Å²) >= 11 is 8.05. The lowest BCUT2D eigenvalue weighted by Crippen LogP contribution is -2.54. The number of alkyl halides is 3. The molecule has 39 heavy (non-hydrogen) atoms. The first kappa shape index (κ1) is 28.4. The van der Waals surface area contributed by atoms with Crippen molar-refractivity contribution < 1.29 is 37.0 Å². The fraction of sp³-hybridized carbons (Fsp3) is 0.148. The Bertz CT molecular complexity index is 1520. The summed E-state index contributed by atoms with van der Waals surface area (Å²) in [6, 6.07) is 11.9. The van der Waals surface area contributed by atoms with Gasteiger partial charge in [-0.2, -0.15) is 13.2 Å². The molecule has 1 N–H and O–H groups in total. The third kappa shape index (κ3) is 6.19. The minimum absolute atomic E-state index is 0.268.